The van der Waals surface area contributed by atoms with Crippen molar-refractivity contribution < 1.29 is 4.74 Å². The largest absolute Gasteiger partial charge is 0.378 e. The van der Waals surface area contributed by atoms with Gasteiger partial charge in [-0.2, -0.15) is 0 Å². The van der Waals surface area contributed by atoms with E-state index in [9.17, 15) is 0 Å². The zero-order valence-electron chi connectivity index (χ0n) is 16.3. The second-order valence-electron chi connectivity index (χ2n) is 8.46. The van der Waals surface area contributed by atoms with Crippen LogP contribution in [0.25, 0.3) is 0 Å². The van der Waals surface area contributed by atoms with E-state index in [-0.39, 0.29) is 11.5 Å². The molecule has 0 radical (unpaired) electrons. The van der Waals surface area contributed by atoms with Gasteiger partial charge in [0.05, 0.1) is 12.2 Å². The Morgan fingerprint density at radius 2 is 1.56 bits per heavy atom. The molecule has 25 heavy (non-hydrogen) atoms. The Bertz CT molecular complexity index is 680. The molecule has 2 aromatic rings. The molecule has 0 bridgehead atoms. The lowest BCUT2D eigenvalue weighted by Crippen LogP contribution is -2.13. The van der Waals surface area contributed by atoms with Crippen LogP contribution in [0.3, 0.4) is 0 Å². The molecule has 1 fully saturated rings. The van der Waals surface area contributed by atoms with Gasteiger partial charge in [-0.25, -0.2) is 0 Å². The molecule has 134 valence electrons. The summed E-state index contributed by atoms with van der Waals surface area (Å²) in [5.74, 6) is 0. The van der Waals surface area contributed by atoms with Crippen LogP contribution in [-0.4, -0.2) is 20.2 Å². The van der Waals surface area contributed by atoms with E-state index < -0.39 is 0 Å². The van der Waals surface area contributed by atoms with Gasteiger partial charge in [0.1, 0.15) is 0 Å². The number of anilines is 1. The molecule has 1 aliphatic rings. The molecular formula is C23H31NO. The van der Waals surface area contributed by atoms with Crippen LogP contribution < -0.4 is 4.90 Å². The summed E-state index contributed by atoms with van der Waals surface area (Å²) in [6.45, 7) is 6.77. The first-order chi connectivity index (χ1) is 11.8. The van der Waals surface area contributed by atoms with Crippen LogP contribution in [-0.2, 0) is 16.6 Å². The normalized spacial score (nSPS) is 20.7. The molecule has 0 saturated carbocycles. The first-order valence-corrected chi connectivity index (χ1v) is 9.35. The molecule has 0 unspecified atom stereocenters. The Labute approximate surface area is 152 Å². The Hall–Kier alpha value is -1.80. The third-order valence-electron chi connectivity index (χ3n) is 5.17. The van der Waals surface area contributed by atoms with Gasteiger partial charge in [-0.1, -0.05) is 57.2 Å². The van der Waals surface area contributed by atoms with Gasteiger partial charge in [-0.3, -0.25) is 0 Å². The highest BCUT2D eigenvalue weighted by atomic mass is 16.5. The average Bonchev–Trinajstić information content (AvgIpc) is 3.03. The fraction of sp³-hybridized carbons (Fsp3) is 0.478. The van der Waals surface area contributed by atoms with E-state index in [0.29, 0.717) is 6.10 Å². The third-order valence-corrected chi connectivity index (χ3v) is 5.17. The lowest BCUT2D eigenvalue weighted by Gasteiger charge is -2.20. The highest BCUT2D eigenvalue weighted by Crippen LogP contribution is 2.35. The lowest BCUT2D eigenvalue weighted by atomic mass is 9.86. The molecule has 2 nitrogen and oxygen atoms in total. The number of ether oxygens (including phenoxy) is 1. The summed E-state index contributed by atoms with van der Waals surface area (Å²) in [6.07, 6.45) is 3.85. The molecule has 0 amide bonds. The minimum absolute atomic E-state index is 0.214. The van der Waals surface area contributed by atoms with E-state index in [0.717, 1.165) is 19.3 Å². The second kappa shape index (κ2) is 7.21. The summed E-state index contributed by atoms with van der Waals surface area (Å²) in [5, 5.41) is 0. The highest BCUT2D eigenvalue weighted by molar-refractivity contribution is 5.46. The van der Waals surface area contributed by atoms with Crippen molar-refractivity contribution in [1.82, 2.24) is 0 Å². The molecule has 1 saturated heterocycles. The van der Waals surface area contributed by atoms with E-state index in [1.165, 1.54) is 22.4 Å². The topological polar surface area (TPSA) is 12.5 Å². The van der Waals surface area contributed by atoms with Gasteiger partial charge in [-0.05, 0) is 53.5 Å². The van der Waals surface area contributed by atoms with Gasteiger partial charge < -0.3 is 9.64 Å². The van der Waals surface area contributed by atoms with Crippen molar-refractivity contribution in [3.8, 4) is 0 Å². The molecule has 3 rings (SSSR count). The summed E-state index contributed by atoms with van der Waals surface area (Å²) < 4.78 is 6.34. The fourth-order valence-corrected chi connectivity index (χ4v) is 3.49. The molecule has 2 heteroatoms. The fourth-order valence-electron chi connectivity index (χ4n) is 3.49. The standard InChI is InChI=1S/C23H31NO/c1-23(2,3)19-10-6-17(7-11-19)16-21-14-15-22(25-21)18-8-12-20(13-9-18)24(4)5/h6-13,21-22H,14-16H2,1-5H3/t21-,22-/m1/s1. The quantitative estimate of drug-likeness (QED) is 0.729. The van der Waals surface area contributed by atoms with Crippen LogP contribution in [0.2, 0.25) is 0 Å². The summed E-state index contributed by atoms with van der Waals surface area (Å²) in [5.41, 5.74) is 5.52. The number of benzene rings is 2. The molecule has 0 aliphatic carbocycles. The van der Waals surface area contributed by atoms with Gasteiger partial charge >= 0.3 is 0 Å². The number of rotatable bonds is 4. The summed E-state index contributed by atoms with van der Waals surface area (Å²) in [6, 6.07) is 17.8. The van der Waals surface area contributed by atoms with Crippen molar-refractivity contribution in [2.75, 3.05) is 19.0 Å². The Kier molecular flexibility index (Phi) is 5.19. The monoisotopic (exact) mass is 337 g/mol. The smallest absolute Gasteiger partial charge is 0.0829 e. The zero-order chi connectivity index (χ0) is 18.0. The second-order valence-corrected chi connectivity index (χ2v) is 8.46. The van der Waals surface area contributed by atoms with Crippen LogP contribution >= 0.6 is 0 Å². The summed E-state index contributed by atoms with van der Waals surface area (Å²) in [4.78, 5) is 2.13. The van der Waals surface area contributed by atoms with Crippen molar-refractivity contribution in [3.05, 3.63) is 65.2 Å². The van der Waals surface area contributed by atoms with Crippen molar-refractivity contribution in [2.24, 2.45) is 0 Å². The molecule has 1 aliphatic heterocycles. The van der Waals surface area contributed by atoms with Crippen LogP contribution in [0.1, 0.15) is 56.4 Å². The van der Waals surface area contributed by atoms with E-state index in [1.54, 1.807) is 0 Å². The van der Waals surface area contributed by atoms with Gasteiger partial charge in [0.15, 0.2) is 0 Å². The first kappa shape index (κ1) is 18.0. The summed E-state index contributed by atoms with van der Waals surface area (Å²) >= 11 is 0. The van der Waals surface area contributed by atoms with E-state index >= 15 is 0 Å². The lowest BCUT2D eigenvalue weighted by molar-refractivity contribution is 0.0451. The number of hydrogen-bond acceptors (Lipinski definition) is 2. The van der Waals surface area contributed by atoms with Crippen molar-refractivity contribution >= 4 is 5.69 Å². The number of hydrogen-bond donors (Lipinski definition) is 0. The van der Waals surface area contributed by atoms with Crippen molar-refractivity contribution in [1.29, 1.82) is 0 Å². The van der Waals surface area contributed by atoms with Gasteiger partial charge in [-0.15, -0.1) is 0 Å². The molecule has 1 heterocycles. The van der Waals surface area contributed by atoms with Crippen LogP contribution in [0.15, 0.2) is 48.5 Å². The maximum atomic E-state index is 6.34. The minimum atomic E-state index is 0.214. The molecule has 0 aromatic heterocycles. The first-order valence-electron chi connectivity index (χ1n) is 9.35. The van der Waals surface area contributed by atoms with E-state index in [1.807, 2.05) is 0 Å². The highest BCUT2D eigenvalue weighted by Gasteiger charge is 2.26. The van der Waals surface area contributed by atoms with Crippen molar-refractivity contribution in [2.45, 2.75) is 57.7 Å². The maximum absolute atomic E-state index is 6.34. The van der Waals surface area contributed by atoms with Gasteiger partial charge in [0.25, 0.3) is 0 Å². The predicted molar refractivity (Wildman–Crippen MR) is 106 cm³/mol. The van der Waals surface area contributed by atoms with E-state index in [2.05, 4.69) is 88.3 Å². The third kappa shape index (κ3) is 4.43. The minimum Gasteiger partial charge on any atom is -0.378 e. The maximum Gasteiger partial charge on any atom is 0.0829 e. The van der Waals surface area contributed by atoms with Crippen LogP contribution in [0, 0.1) is 0 Å². The Balaban J connectivity index is 1.59. The van der Waals surface area contributed by atoms with Crippen LogP contribution in [0.5, 0.6) is 0 Å². The Morgan fingerprint density at radius 1 is 0.920 bits per heavy atom. The number of nitrogens with zero attached hydrogens (tertiary/aromatic N) is 1. The van der Waals surface area contributed by atoms with Crippen LogP contribution in [0.4, 0.5) is 5.69 Å². The van der Waals surface area contributed by atoms with E-state index in [4.69, 9.17) is 4.74 Å². The molecule has 2 atom stereocenters. The van der Waals surface area contributed by atoms with Crippen molar-refractivity contribution in [3.63, 3.8) is 0 Å². The summed E-state index contributed by atoms with van der Waals surface area (Å²) in [7, 11) is 4.14. The molecular weight excluding hydrogens is 306 g/mol. The predicted octanol–water partition coefficient (Wildman–Crippen LogP) is 5.51. The molecule has 0 N–H and O–H groups in total. The zero-order valence-corrected chi connectivity index (χ0v) is 16.3. The molecule has 0 spiro atoms. The SMILES string of the molecule is CN(C)c1ccc([C@H]2CC[C@H](Cc3ccc(C(C)(C)C)cc3)O2)cc1. The average molecular weight is 338 g/mol. The van der Waals surface area contributed by atoms with Gasteiger partial charge in [0.2, 0.25) is 0 Å². The van der Waals surface area contributed by atoms with Gasteiger partial charge in [0, 0.05) is 19.8 Å². The Morgan fingerprint density at radius 3 is 2.12 bits per heavy atom. The molecule has 2 aromatic carbocycles.